The van der Waals surface area contributed by atoms with Gasteiger partial charge in [-0.05, 0) is 49.4 Å². The number of aromatic nitrogens is 2. The highest BCUT2D eigenvalue weighted by atomic mass is 14.9. The molecule has 2 aliphatic rings. The molecule has 1 aromatic carbocycles. The van der Waals surface area contributed by atoms with Crippen LogP contribution in [0.5, 0.6) is 0 Å². The van der Waals surface area contributed by atoms with Crippen molar-refractivity contribution in [3.8, 4) is 0 Å². The SMILES string of the molecule is c1cc2nc(C3CCCC3)[nH]c2cc1C1CCNC1. The second-order valence-electron chi connectivity index (χ2n) is 6.07. The van der Waals surface area contributed by atoms with Crippen molar-refractivity contribution in [3.63, 3.8) is 0 Å². The van der Waals surface area contributed by atoms with Crippen molar-refractivity contribution >= 4 is 11.0 Å². The molecule has 3 heteroatoms. The molecule has 3 nitrogen and oxygen atoms in total. The normalized spacial score (nSPS) is 24.5. The largest absolute Gasteiger partial charge is 0.342 e. The number of nitrogens with one attached hydrogen (secondary N) is 2. The number of hydrogen-bond donors (Lipinski definition) is 2. The van der Waals surface area contributed by atoms with Crippen molar-refractivity contribution in [1.82, 2.24) is 15.3 Å². The van der Waals surface area contributed by atoms with E-state index in [0.717, 1.165) is 18.6 Å². The summed E-state index contributed by atoms with van der Waals surface area (Å²) in [4.78, 5) is 8.36. The molecule has 2 N–H and O–H groups in total. The van der Waals surface area contributed by atoms with E-state index in [2.05, 4.69) is 28.5 Å². The number of benzene rings is 1. The molecular weight excluding hydrogens is 234 g/mol. The Morgan fingerprint density at radius 1 is 1.05 bits per heavy atom. The fourth-order valence-electron chi connectivity index (χ4n) is 3.63. The molecule has 4 rings (SSSR count). The van der Waals surface area contributed by atoms with Gasteiger partial charge in [0.25, 0.3) is 0 Å². The van der Waals surface area contributed by atoms with Gasteiger partial charge in [-0.1, -0.05) is 18.9 Å². The van der Waals surface area contributed by atoms with Crippen LogP contribution in [0.3, 0.4) is 0 Å². The van der Waals surface area contributed by atoms with Gasteiger partial charge in [-0.3, -0.25) is 0 Å². The monoisotopic (exact) mass is 255 g/mol. The molecule has 1 saturated heterocycles. The smallest absolute Gasteiger partial charge is 0.110 e. The number of rotatable bonds is 2. The summed E-state index contributed by atoms with van der Waals surface area (Å²) >= 11 is 0. The van der Waals surface area contributed by atoms with E-state index < -0.39 is 0 Å². The predicted octanol–water partition coefficient (Wildman–Crippen LogP) is 3.30. The molecule has 1 atom stereocenters. The van der Waals surface area contributed by atoms with Gasteiger partial charge in [0.1, 0.15) is 5.82 Å². The van der Waals surface area contributed by atoms with E-state index in [-0.39, 0.29) is 0 Å². The zero-order chi connectivity index (χ0) is 12.7. The summed E-state index contributed by atoms with van der Waals surface area (Å²) in [5.74, 6) is 2.57. The first-order valence-corrected chi connectivity index (χ1v) is 7.60. The Kier molecular flexibility index (Phi) is 2.80. The van der Waals surface area contributed by atoms with Gasteiger partial charge in [0.2, 0.25) is 0 Å². The van der Waals surface area contributed by atoms with Crippen LogP contribution < -0.4 is 5.32 Å². The lowest BCUT2D eigenvalue weighted by Gasteiger charge is -2.07. The summed E-state index contributed by atoms with van der Waals surface area (Å²) in [7, 11) is 0. The molecule has 1 aliphatic carbocycles. The summed E-state index contributed by atoms with van der Waals surface area (Å²) in [5, 5.41) is 3.44. The molecule has 0 bridgehead atoms. The third kappa shape index (κ3) is 2.06. The zero-order valence-corrected chi connectivity index (χ0v) is 11.3. The molecule has 2 heterocycles. The summed E-state index contributed by atoms with van der Waals surface area (Å²) in [6.07, 6.45) is 6.59. The Bertz CT molecular complexity index is 561. The maximum Gasteiger partial charge on any atom is 0.110 e. The van der Waals surface area contributed by atoms with Gasteiger partial charge in [-0.15, -0.1) is 0 Å². The average Bonchev–Trinajstić information content (AvgIpc) is 3.18. The van der Waals surface area contributed by atoms with Crippen LogP contribution in [-0.4, -0.2) is 23.1 Å². The highest BCUT2D eigenvalue weighted by molar-refractivity contribution is 5.76. The minimum Gasteiger partial charge on any atom is -0.342 e. The molecule has 1 saturated carbocycles. The second-order valence-corrected chi connectivity index (χ2v) is 6.07. The Hall–Kier alpha value is -1.35. The number of hydrogen-bond acceptors (Lipinski definition) is 2. The first-order chi connectivity index (χ1) is 9.40. The Labute approximate surface area is 113 Å². The maximum absolute atomic E-state index is 4.79. The molecule has 2 fully saturated rings. The van der Waals surface area contributed by atoms with Crippen LogP contribution in [0, 0.1) is 0 Å². The van der Waals surface area contributed by atoms with Gasteiger partial charge < -0.3 is 10.3 Å². The van der Waals surface area contributed by atoms with Crippen LogP contribution in [0.1, 0.15) is 55.3 Å². The average molecular weight is 255 g/mol. The lowest BCUT2D eigenvalue weighted by atomic mass is 9.98. The Balaban J connectivity index is 1.68. The lowest BCUT2D eigenvalue weighted by Crippen LogP contribution is -2.07. The van der Waals surface area contributed by atoms with E-state index >= 15 is 0 Å². The molecule has 1 aromatic heterocycles. The van der Waals surface area contributed by atoms with Crippen molar-refractivity contribution < 1.29 is 0 Å². The molecule has 0 amide bonds. The minimum atomic E-state index is 0.670. The van der Waals surface area contributed by atoms with Crippen molar-refractivity contribution in [3.05, 3.63) is 29.6 Å². The molecule has 100 valence electrons. The maximum atomic E-state index is 4.79. The number of aromatic amines is 1. The van der Waals surface area contributed by atoms with Crippen molar-refractivity contribution in [2.45, 2.75) is 43.9 Å². The number of fused-ring (bicyclic) bond motifs is 1. The van der Waals surface area contributed by atoms with E-state index in [1.807, 2.05) is 0 Å². The van der Waals surface area contributed by atoms with Gasteiger partial charge in [-0.25, -0.2) is 4.98 Å². The van der Waals surface area contributed by atoms with E-state index in [9.17, 15) is 0 Å². The van der Waals surface area contributed by atoms with Crippen LogP contribution >= 0.6 is 0 Å². The fraction of sp³-hybridized carbons (Fsp3) is 0.562. The second kappa shape index (κ2) is 4.64. The highest BCUT2D eigenvalue weighted by Gasteiger charge is 2.21. The molecule has 2 aromatic rings. The van der Waals surface area contributed by atoms with E-state index in [4.69, 9.17) is 4.98 Å². The molecule has 0 radical (unpaired) electrons. The fourth-order valence-corrected chi connectivity index (χ4v) is 3.63. The highest BCUT2D eigenvalue weighted by Crippen LogP contribution is 2.34. The Morgan fingerprint density at radius 3 is 2.74 bits per heavy atom. The Morgan fingerprint density at radius 2 is 1.95 bits per heavy atom. The van der Waals surface area contributed by atoms with Gasteiger partial charge >= 0.3 is 0 Å². The van der Waals surface area contributed by atoms with Crippen LogP contribution in [-0.2, 0) is 0 Å². The number of nitrogens with zero attached hydrogens (tertiary/aromatic N) is 1. The van der Waals surface area contributed by atoms with Crippen LogP contribution in [0.25, 0.3) is 11.0 Å². The van der Waals surface area contributed by atoms with Gasteiger partial charge in [-0.2, -0.15) is 0 Å². The molecule has 19 heavy (non-hydrogen) atoms. The van der Waals surface area contributed by atoms with Crippen LogP contribution in [0.2, 0.25) is 0 Å². The molecule has 1 unspecified atom stereocenters. The van der Waals surface area contributed by atoms with E-state index in [1.54, 1.807) is 0 Å². The summed E-state index contributed by atoms with van der Waals surface area (Å²) in [5.41, 5.74) is 3.82. The van der Waals surface area contributed by atoms with Crippen molar-refractivity contribution in [2.75, 3.05) is 13.1 Å². The van der Waals surface area contributed by atoms with Crippen LogP contribution in [0.15, 0.2) is 18.2 Å². The third-order valence-electron chi connectivity index (χ3n) is 4.80. The summed E-state index contributed by atoms with van der Waals surface area (Å²) in [6, 6.07) is 6.77. The summed E-state index contributed by atoms with van der Waals surface area (Å²) in [6.45, 7) is 2.27. The van der Waals surface area contributed by atoms with Gasteiger partial charge in [0.15, 0.2) is 0 Å². The molecule has 0 spiro atoms. The van der Waals surface area contributed by atoms with Crippen molar-refractivity contribution in [2.24, 2.45) is 0 Å². The summed E-state index contributed by atoms with van der Waals surface area (Å²) < 4.78 is 0. The predicted molar refractivity (Wildman–Crippen MR) is 77.5 cm³/mol. The third-order valence-corrected chi connectivity index (χ3v) is 4.80. The lowest BCUT2D eigenvalue weighted by molar-refractivity contribution is 0.681. The minimum absolute atomic E-state index is 0.670. The first-order valence-electron chi connectivity index (χ1n) is 7.60. The topological polar surface area (TPSA) is 40.7 Å². The zero-order valence-electron chi connectivity index (χ0n) is 11.3. The standard InChI is InChI=1S/C16H21N3/c1-2-4-11(3-1)16-18-14-6-5-12(9-15(14)19-16)13-7-8-17-10-13/h5-6,9,11,13,17H,1-4,7-8,10H2,(H,18,19). The van der Waals surface area contributed by atoms with E-state index in [1.165, 1.54) is 49.0 Å². The molecular formula is C16H21N3. The van der Waals surface area contributed by atoms with E-state index in [0.29, 0.717) is 11.8 Å². The number of imidazole rings is 1. The van der Waals surface area contributed by atoms with Gasteiger partial charge in [0, 0.05) is 12.5 Å². The number of H-pyrrole nitrogens is 1. The first kappa shape index (κ1) is 11.5. The molecule has 1 aliphatic heterocycles. The van der Waals surface area contributed by atoms with Gasteiger partial charge in [0.05, 0.1) is 11.0 Å². The van der Waals surface area contributed by atoms with Crippen molar-refractivity contribution in [1.29, 1.82) is 0 Å². The quantitative estimate of drug-likeness (QED) is 0.864. The van der Waals surface area contributed by atoms with Crippen LogP contribution in [0.4, 0.5) is 0 Å².